The van der Waals surface area contributed by atoms with Crippen LogP contribution in [0.3, 0.4) is 0 Å². The summed E-state index contributed by atoms with van der Waals surface area (Å²) in [6, 6.07) is 13.7. The van der Waals surface area contributed by atoms with Gasteiger partial charge in [0.05, 0.1) is 0 Å². The van der Waals surface area contributed by atoms with Gasteiger partial charge >= 0.3 is 0 Å². The van der Waals surface area contributed by atoms with E-state index in [4.69, 9.17) is 4.42 Å². The Balaban J connectivity index is 1.74. The molecule has 0 aliphatic carbocycles. The maximum atomic E-state index is 13.9. The maximum Gasteiger partial charge on any atom is 0.251 e. The van der Waals surface area contributed by atoms with Crippen LogP contribution in [0, 0.1) is 6.92 Å². The molecule has 0 aliphatic heterocycles. The lowest BCUT2D eigenvalue weighted by Crippen LogP contribution is -2.50. The summed E-state index contributed by atoms with van der Waals surface area (Å²) >= 11 is 0. The van der Waals surface area contributed by atoms with Crippen LogP contribution in [0.1, 0.15) is 63.5 Å². The first-order chi connectivity index (χ1) is 18.0. The van der Waals surface area contributed by atoms with Crippen molar-refractivity contribution in [1.29, 1.82) is 0 Å². The van der Waals surface area contributed by atoms with Crippen LogP contribution in [0.15, 0.2) is 65.3 Å². The van der Waals surface area contributed by atoms with E-state index < -0.39 is 11.6 Å². The molecule has 0 radical (unpaired) electrons. The van der Waals surface area contributed by atoms with Gasteiger partial charge in [-0.25, -0.2) is 0 Å². The third kappa shape index (κ3) is 6.31. The number of rotatable bonds is 8. The van der Waals surface area contributed by atoms with Gasteiger partial charge in [-0.05, 0) is 86.4 Å². The van der Waals surface area contributed by atoms with Crippen LogP contribution in [0.2, 0.25) is 0 Å². The summed E-state index contributed by atoms with van der Waals surface area (Å²) < 4.78 is 5.58. The number of hydrogen-bond acceptors (Lipinski definition) is 7. The van der Waals surface area contributed by atoms with Crippen LogP contribution in [0.25, 0.3) is 11.6 Å². The molecule has 1 N–H and O–H groups in total. The van der Waals surface area contributed by atoms with Gasteiger partial charge in [0.2, 0.25) is 11.7 Å². The Morgan fingerprint density at radius 1 is 1.00 bits per heavy atom. The predicted molar refractivity (Wildman–Crippen MR) is 143 cm³/mol. The first-order valence-electron chi connectivity index (χ1n) is 12.5. The Kier molecular flexibility index (Phi) is 7.70. The minimum absolute atomic E-state index is 0.233. The SMILES string of the molecule is Cc1ccc(-c2nnn(CC(=O)N(c3ccc(C(C)C)cc3)[C@@H](C(=O)NC(C)(C)C)c3ccncc3)n2)o1. The van der Waals surface area contributed by atoms with Gasteiger partial charge in [0, 0.05) is 23.6 Å². The van der Waals surface area contributed by atoms with Crippen molar-refractivity contribution in [2.75, 3.05) is 4.90 Å². The molecule has 10 heteroatoms. The second-order valence-corrected chi connectivity index (χ2v) is 10.5. The molecule has 0 bridgehead atoms. The number of hydrogen-bond donors (Lipinski definition) is 1. The van der Waals surface area contributed by atoms with Gasteiger partial charge in [-0.1, -0.05) is 26.0 Å². The van der Waals surface area contributed by atoms with Crippen LogP contribution < -0.4 is 10.2 Å². The number of pyridine rings is 1. The third-order valence-corrected chi connectivity index (χ3v) is 5.82. The molecular formula is C28H33N7O3. The summed E-state index contributed by atoms with van der Waals surface area (Å²) in [6.07, 6.45) is 3.21. The van der Waals surface area contributed by atoms with Crippen molar-refractivity contribution in [3.8, 4) is 11.6 Å². The van der Waals surface area contributed by atoms with Crippen LogP contribution in [0.4, 0.5) is 5.69 Å². The van der Waals surface area contributed by atoms with E-state index in [2.05, 4.69) is 39.6 Å². The minimum Gasteiger partial charge on any atom is -0.458 e. The second-order valence-electron chi connectivity index (χ2n) is 10.5. The van der Waals surface area contributed by atoms with E-state index >= 15 is 0 Å². The molecule has 198 valence electrons. The van der Waals surface area contributed by atoms with Gasteiger partial charge in [-0.3, -0.25) is 19.5 Å². The predicted octanol–water partition coefficient (Wildman–Crippen LogP) is 4.45. The Labute approximate surface area is 222 Å². The quantitative estimate of drug-likeness (QED) is 0.368. The summed E-state index contributed by atoms with van der Waals surface area (Å²) in [5, 5.41) is 15.4. The summed E-state index contributed by atoms with van der Waals surface area (Å²) in [5.41, 5.74) is 1.81. The summed E-state index contributed by atoms with van der Waals surface area (Å²) in [5.74, 6) is 1.07. The number of furan rings is 1. The number of nitrogens with zero attached hydrogens (tertiary/aromatic N) is 6. The third-order valence-electron chi connectivity index (χ3n) is 5.82. The molecule has 0 unspecified atom stereocenters. The van der Waals surface area contributed by atoms with Crippen molar-refractivity contribution >= 4 is 17.5 Å². The topological polar surface area (TPSA) is 119 Å². The van der Waals surface area contributed by atoms with Crippen LogP contribution in [-0.2, 0) is 16.1 Å². The molecule has 4 aromatic rings. The number of tetrazole rings is 1. The van der Waals surface area contributed by atoms with Crippen molar-refractivity contribution in [2.24, 2.45) is 0 Å². The Morgan fingerprint density at radius 3 is 2.26 bits per heavy atom. The summed E-state index contributed by atoms with van der Waals surface area (Å²) in [6.45, 7) is 11.5. The number of benzene rings is 1. The highest BCUT2D eigenvalue weighted by Gasteiger charge is 2.35. The number of nitrogens with one attached hydrogen (secondary N) is 1. The number of carbonyl (C=O) groups excluding carboxylic acids is 2. The van der Waals surface area contributed by atoms with Gasteiger partial charge in [0.15, 0.2) is 5.76 Å². The molecule has 0 fully saturated rings. The van der Waals surface area contributed by atoms with Gasteiger partial charge < -0.3 is 9.73 Å². The standard InChI is InChI=1S/C28H33N7O3/c1-18(2)20-8-10-22(11-9-20)35(25(21-13-15-29-16-14-21)27(37)30-28(4,5)6)24(36)17-34-32-26(31-33-34)23-12-7-19(3)38-23/h7-16,18,25H,17H2,1-6H3,(H,30,37)/t25-/m1/s1. The molecule has 3 aromatic heterocycles. The largest absolute Gasteiger partial charge is 0.458 e. The first-order valence-corrected chi connectivity index (χ1v) is 12.5. The molecule has 1 atom stereocenters. The Morgan fingerprint density at radius 2 is 1.68 bits per heavy atom. The van der Waals surface area contributed by atoms with E-state index in [0.29, 0.717) is 28.7 Å². The molecule has 0 aliphatic rings. The molecule has 2 amide bonds. The fourth-order valence-electron chi connectivity index (χ4n) is 4.02. The average Bonchev–Trinajstić information content (AvgIpc) is 3.50. The monoisotopic (exact) mass is 515 g/mol. The lowest BCUT2D eigenvalue weighted by molar-refractivity contribution is -0.128. The normalized spacial score (nSPS) is 12.4. The molecule has 0 saturated carbocycles. The van der Waals surface area contributed by atoms with E-state index in [0.717, 1.165) is 5.56 Å². The van der Waals surface area contributed by atoms with E-state index in [1.807, 2.05) is 52.0 Å². The number of aryl methyl sites for hydroxylation is 1. The molecule has 1 aromatic carbocycles. The fraction of sp³-hybridized carbons (Fsp3) is 0.357. The van der Waals surface area contributed by atoms with E-state index in [1.165, 1.54) is 9.70 Å². The zero-order valence-corrected chi connectivity index (χ0v) is 22.5. The molecule has 0 saturated heterocycles. The molecule has 4 rings (SSSR count). The van der Waals surface area contributed by atoms with E-state index in [1.54, 1.807) is 36.7 Å². The van der Waals surface area contributed by atoms with Gasteiger partial charge in [-0.15, -0.1) is 10.2 Å². The van der Waals surface area contributed by atoms with Crippen LogP contribution in [0.5, 0.6) is 0 Å². The highest BCUT2D eigenvalue weighted by Crippen LogP contribution is 2.30. The van der Waals surface area contributed by atoms with Crippen molar-refractivity contribution in [3.05, 3.63) is 77.8 Å². The number of anilines is 1. The molecule has 3 heterocycles. The first kappa shape index (κ1) is 26.7. The van der Waals surface area contributed by atoms with Crippen molar-refractivity contribution < 1.29 is 14.0 Å². The van der Waals surface area contributed by atoms with Gasteiger partial charge in [0.1, 0.15) is 18.3 Å². The molecular weight excluding hydrogens is 482 g/mol. The number of amides is 2. The number of carbonyl (C=O) groups is 2. The Bertz CT molecular complexity index is 1390. The minimum atomic E-state index is -0.953. The van der Waals surface area contributed by atoms with Crippen molar-refractivity contribution in [3.63, 3.8) is 0 Å². The lowest BCUT2D eigenvalue weighted by Gasteiger charge is -2.33. The van der Waals surface area contributed by atoms with E-state index in [9.17, 15) is 9.59 Å². The van der Waals surface area contributed by atoms with Crippen LogP contribution in [-0.4, -0.2) is 42.5 Å². The second kappa shape index (κ2) is 11.0. The molecule has 10 nitrogen and oxygen atoms in total. The zero-order valence-electron chi connectivity index (χ0n) is 22.5. The number of aromatic nitrogens is 5. The lowest BCUT2D eigenvalue weighted by atomic mass is 10.00. The van der Waals surface area contributed by atoms with E-state index in [-0.39, 0.29) is 24.2 Å². The zero-order chi connectivity index (χ0) is 27.4. The highest BCUT2D eigenvalue weighted by molar-refractivity contribution is 6.01. The van der Waals surface area contributed by atoms with Crippen molar-refractivity contribution in [2.45, 2.75) is 65.6 Å². The maximum absolute atomic E-state index is 13.9. The average molecular weight is 516 g/mol. The Hall–Kier alpha value is -4.34. The molecule has 38 heavy (non-hydrogen) atoms. The smallest absolute Gasteiger partial charge is 0.251 e. The summed E-state index contributed by atoms with van der Waals surface area (Å²) in [4.78, 5) is 34.4. The highest BCUT2D eigenvalue weighted by atomic mass is 16.3. The fourth-order valence-corrected chi connectivity index (χ4v) is 4.02. The van der Waals surface area contributed by atoms with Gasteiger partial charge in [0.25, 0.3) is 5.91 Å². The van der Waals surface area contributed by atoms with Crippen molar-refractivity contribution in [1.82, 2.24) is 30.5 Å². The molecule has 0 spiro atoms. The van der Waals surface area contributed by atoms with Gasteiger partial charge in [-0.2, -0.15) is 4.80 Å². The van der Waals surface area contributed by atoms with Crippen LogP contribution >= 0.6 is 0 Å². The summed E-state index contributed by atoms with van der Waals surface area (Å²) in [7, 11) is 0.